The first-order chi connectivity index (χ1) is 5.72. The van der Waals surface area contributed by atoms with E-state index in [1.807, 2.05) is 0 Å². The summed E-state index contributed by atoms with van der Waals surface area (Å²) in [6, 6.07) is 8.06. The van der Waals surface area contributed by atoms with E-state index in [4.69, 9.17) is 10.1 Å². The SMILES string of the molecule is N.O=C([O-])c1ccccc1.O=NO.[Na+]. The van der Waals surface area contributed by atoms with Crippen LogP contribution in [0.25, 0.3) is 0 Å². The van der Waals surface area contributed by atoms with Crippen LogP contribution in [0.2, 0.25) is 0 Å². The summed E-state index contributed by atoms with van der Waals surface area (Å²) in [7, 11) is 0. The first-order valence-corrected chi connectivity index (χ1v) is 2.95. The average Bonchev–Trinajstić information content (AvgIpc) is 2.07. The number of nitrogens with zero attached hydrogens (tertiary/aromatic N) is 1. The minimum Gasteiger partial charge on any atom is -0.545 e. The van der Waals surface area contributed by atoms with E-state index in [-0.39, 0.29) is 41.3 Å². The fourth-order valence-electron chi connectivity index (χ4n) is 0.574. The maximum absolute atomic E-state index is 10.1. The Bertz CT molecular complexity index is 255. The molecule has 0 saturated carbocycles. The number of carboxylic acid groups (broad SMARTS) is 1. The van der Waals surface area contributed by atoms with E-state index in [0.29, 0.717) is 0 Å². The van der Waals surface area contributed by atoms with Crippen molar-refractivity contribution in [3.8, 4) is 0 Å². The van der Waals surface area contributed by atoms with Crippen LogP contribution in [0.15, 0.2) is 35.7 Å². The molecule has 0 aromatic heterocycles. The van der Waals surface area contributed by atoms with Crippen LogP contribution in [-0.4, -0.2) is 11.2 Å². The maximum Gasteiger partial charge on any atom is 1.00 e. The second-order valence-electron chi connectivity index (χ2n) is 1.74. The van der Waals surface area contributed by atoms with Crippen LogP contribution in [0, 0.1) is 4.91 Å². The topological polar surface area (TPSA) is 125 Å². The number of rotatable bonds is 1. The van der Waals surface area contributed by atoms with Crippen molar-refractivity contribution in [1.29, 1.82) is 0 Å². The van der Waals surface area contributed by atoms with Gasteiger partial charge in [0, 0.05) is 0 Å². The molecule has 14 heavy (non-hydrogen) atoms. The standard InChI is InChI=1S/C7H6O2.HNO2.H3N.Na/c8-7(9)6-4-2-1-3-5-6;2-1-3;;/h1-5H,(H,8,9);(H,2,3);1H3;/q;;;+1/p-1. The number of carbonyl (C=O) groups excluding carboxylic acids is 1. The molecule has 1 aromatic rings. The molecule has 0 bridgehead atoms. The summed E-state index contributed by atoms with van der Waals surface area (Å²) in [6.45, 7) is 0. The normalized spacial score (nSPS) is 6.57. The molecular weight excluding hydrogens is 199 g/mol. The first kappa shape index (κ1) is 18.8. The molecule has 72 valence electrons. The quantitative estimate of drug-likeness (QED) is 0.296. The summed E-state index contributed by atoms with van der Waals surface area (Å²) in [6.07, 6.45) is 0. The van der Waals surface area contributed by atoms with Crippen molar-refractivity contribution in [2.24, 2.45) is 5.34 Å². The molecule has 0 atom stereocenters. The molecule has 7 heteroatoms. The van der Waals surface area contributed by atoms with Crippen molar-refractivity contribution in [1.82, 2.24) is 6.15 Å². The molecule has 6 nitrogen and oxygen atoms in total. The van der Waals surface area contributed by atoms with Crippen molar-refractivity contribution in [3.05, 3.63) is 40.8 Å². The predicted octanol–water partition coefficient (Wildman–Crippen LogP) is -2.64. The Hall–Kier alpha value is -0.950. The second kappa shape index (κ2) is 12.0. The molecule has 0 amide bonds. The van der Waals surface area contributed by atoms with Gasteiger partial charge in [0.1, 0.15) is 0 Å². The largest absolute Gasteiger partial charge is 1.00 e. The Labute approximate surface area is 103 Å². The number of benzene rings is 1. The van der Waals surface area contributed by atoms with Gasteiger partial charge in [-0.25, -0.2) is 0 Å². The summed E-state index contributed by atoms with van der Waals surface area (Å²) in [4.78, 5) is 18.2. The number of aromatic carboxylic acids is 1. The Kier molecular flexibility index (Phi) is 16.1. The molecule has 0 unspecified atom stereocenters. The van der Waals surface area contributed by atoms with Gasteiger partial charge in [-0.15, -0.1) is 4.91 Å². The summed E-state index contributed by atoms with van der Waals surface area (Å²) in [5, 5.41) is 18.0. The van der Waals surface area contributed by atoms with Gasteiger partial charge in [-0.1, -0.05) is 30.3 Å². The molecule has 0 radical (unpaired) electrons. The average molecular weight is 208 g/mol. The number of hydrogen-bond acceptors (Lipinski definition) is 5. The summed E-state index contributed by atoms with van der Waals surface area (Å²) in [5.41, 5.74) is 0.220. The third kappa shape index (κ3) is 9.14. The third-order valence-electron chi connectivity index (χ3n) is 1.01. The Morgan fingerprint density at radius 2 is 1.64 bits per heavy atom. The second-order valence-corrected chi connectivity index (χ2v) is 1.74. The summed E-state index contributed by atoms with van der Waals surface area (Å²) >= 11 is 0. The van der Waals surface area contributed by atoms with Gasteiger partial charge in [0.25, 0.3) is 0 Å². The zero-order valence-electron chi connectivity index (χ0n) is 7.71. The molecule has 1 rings (SSSR count). The Balaban J connectivity index is -0.000000218. The molecular formula is C7H9N2NaO4. The van der Waals surface area contributed by atoms with E-state index in [1.54, 1.807) is 18.2 Å². The fraction of sp³-hybridized carbons (Fsp3) is 0. The van der Waals surface area contributed by atoms with Gasteiger partial charge >= 0.3 is 29.6 Å². The molecule has 0 saturated heterocycles. The number of carbonyl (C=O) groups is 1. The van der Waals surface area contributed by atoms with Crippen LogP contribution >= 0.6 is 0 Å². The van der Waals surface area contributed by atoms with Crippen LogP contribution in [0.5, 0.6) is 0 Å². The van der Waals surface area contributed by atoms with Crippen molar-refractivity contribution < 1.29 is 44.7 Å². The summed E-state index contributed by atoms with van der Waals surface area (Å²) < 4.78 is 0. The van der Waals surface area contributed by atoms with Gasteiger partial charge < -0.3 is 21.3 Å². The first-order valence-electron chi connectivity index (χ1n) is 2.95. The van der Waals surface area contributed by atoms with Gasteiger partial charge in [0.15, 0.2) is 5.34 Å². The monoisotopic (exact) mass is 208 g/mol. The molecule has 0 aliphatic heterocycles. The van der Waals surface area contributed by atoms with E-state index in [1.165, 1.54) is 17.5 Å². The number of carboxylic acids is 1. The molecule has 0 spiro atoms. The maximum atomic E-state index is 10.1. The van der Waals surface area contributed by atoms with E-state index in [9.17, 15) is 9.90 Å². The van der Waals surface area contributed by atoms with Crippen LogP contribution < -0.4 is 40.8 Å². The third-order valence-corrected chi connectivity index (χ3v) is 1.01. The van der Waals surface area contributed by atoms with E-state index < -0.39 is 5.97 Å². The van der Waals surface area contributed by atoms with Crippen molar-refractivity contribution in [2.75, 3.05) is 0 Å². The van der Waals surface area contributed by atoms with Gasteiger partial charge in [0.2, 0.25) is 0 Å². The van der Waals surface area contributed by atoms with Crippen molar-refractivity contribution in [3.63, 3.8) is 0 Å². The van der Waals surface area contributed by atoms with Crippen molar-refractivity contribution >= 4 is 5.97 Å². The molecule has 4 N–H and O–H groups in total. The minimum atomic E-state index is -1.13. The smallest absolute Gasteiger partial charge is 0.545 e. The number of hydrogen-bond donors (Lipinski definition) is 2. The van der Waals surface area contributed by atoms with E-state index >= 15 is 0 Å². The molecule has 0 fully saturated rings. The Morgan fingerprint density at radius 1 is 1.29 bits per heavy atom. The molecule has 1 aromatic carbocycles. The zero-order valence-corrected chi connectivity index (χ0v) is 9.71. The van der Waals surface area contributed by atoms with Crippen LogP contribution in [0.4, 0.5) is 0 Å². The molecule has 0 aliphatic carbocycles. The zero-order chi connectivity index (χ0) is 9.40. The fourth-order valence-corrected chi connectivity index (χ4v) is 0.574. The van der Waals surface area contributed by atoms with Gasteiger partial charge in [-0.3, -0.25) is 0 Å². The van der Waals surface area contributed by atoms with Crippen LogP contribution in [-0.2, 0) is 0 Å². The molecule has 0 heterocycles. The van der Waals surface area contributed by atoms with Gasteiger partial charge in [-0.05, 0) is 5.56 Å². The van der Waals surface area contributed by atoms with E-state index in [2.05, 4.69) is 0 Å². The molecule has 0 aliphatic rings. The van der Waals surface area contributed by atoms with Crippen LogP contribution in [0.3, 0.4) is 0 Å². The predicted molar refractivity (Wildman–Crippen MR) is 43.4 cm³/mol. The van der Waals surface area contributed by atoms with Gasteiger partial charge in [-0.2, -0.15) is 0 Å². The minimum absolute atomic E-state index is 0. The van der Waals surface area contributed by atoms with Crippen molar-refractivity contribution in [2.45, 2.75) is 0 Å². The van der Waals surface area contributed by atoms with Gasteiger partial charge in [0.05, 0.1) is 5.97 Å². The Morgan fingerprint density at radius 3 is 1.86 bits per heavy atom. The summed E-state index contributed by atoms with van der Waals surface area (Å²) in [5.74, 6) is -1.13. The van der Waals surface area contributed by atoms with E-state index in [0.717, 1.165) is 0 Å². The van der Waals surface area contributed by atoms with Crippen LogP contribution in [0.1, 0.15) is 10.4 Å².